The zero-order chi connectivity index (χ0) is 10.8. The van der Waals surface area contributed by atoms with Crippen molar-refractivity contribution in [2.24, 2.45) is 0 Å². The Labute approximate surface area is 88.4 Å². The molecule has 0 amide bonds. The Morgan fingerprint density at radius 3 is 2.80 bits per heavy atom. The molecule has 0 unspecified atom stereocenters. The van der Waals surface area contributed by atoms with E-state index in [1.165, 1.54) is 11.1 Å². The molecule has 2 rings (SSSR count). The number of imidazole rings is 1. The number of rotatable bonds is 1. The third kappa shape index (κ3) is 1.62. The van der Waals surface area contributed by atoms with Crippen LogP contribution in [0.15, 0.2) is 24.4 Å². The molecule has 0 aliphatic carbocycles. The standard InChI is InChI=1S/C12H11N3/c1-8-4-3-5-10(9(8)2)11-7-14-12(6-13)15-11/h3-5,7H,1-2H3,(H,14,15). The average Bonchev–Trinajstić information content (AvgIpc) is 2.70. The molecule has 74 valence electrons. The Hall–Kier alpha value is -2.08. The second-order valence-corrected chi connectivity index (χ2v) is 3.50. The number of nitriles is 1. The van der Waals surface area contributed by atoms with Gasteiger partial charge in [-0.1, -0.05) is 18.2 Å². The molecular weight excluding hydrogens is 186 g/mol. The number of benzene rings is 1. The molecule has 0 fully saturated rings. The summed E-state index contributed by atoms with van der Waals surface area (Å²) >= 11 is 0. The summed E-state index contributed by atoms with van der Waals surface area (Å²) in [7, 11) is 0. The monoisotopic (exact) mass is 197 g/mol. The third-order valence-corrected chi connectivity index (χ3v) is 2.58. The van der Waals surface area contributed by atoms with Gasteiger partial charge in [-0.05, 0) is 25.0 Å². The zero-order valence-electron chi connectivity index (χ0n) is 8.70. The van der Waals surface area contributed by atoms with E-state index in [-0.39, 0.29) is 0 Å². The number of hydrogen-bond acceptors (Lipinski definition) is 2. The van der Waals surface area contributed by atoms with Crippen LogP contribution in [0.5, 0.6) is 0 Å². The Morgan fingerprint density at radius 1 is 1.33 bits per heavy atom. The number of nitrogens with zero attached hydrogens (tertiary/aromatic N) is 2. The molecule has 1 heterocycles. The molecule has 2 aromatic rings. The van der Waals surface area contributed by atoms with Crippen molar-refractivity contribution in [2.75, 3.05) is 0 Å². The Balaban J connectivity index is 2.55. The van der Waals surface area contributed by atoms with Gasteiger partial charge in [-0.2, -0.15) is 5.26 Å². The first-order valence-corrected chi connectivity index (χ1v) is 4.74. The molecule has 1 N–H and O–H groups in total. The molecule has 0 radical (unpaired) electrons. The molecular formula is C12H11N3. The molecule has 3 nitrogen and oxygen atoms in total. The molecule has 0 atom stereocenters. The summed E-state index contributed by atoms with van der Waals surface area (Å²) in [6.45, 7) is 4.14. The van der Waals surface area contributed by atoms with E-state index in [2.05, 4.69) is 29.9 Å². The topological polar surface area (TPSA) is 52.5 Å². The van der Waals surface area contributed by atoms with Gasteiger partial charge in [0.05, 0.1) is 11.9 Å². The van der Waals surface area contributed by atoms with Crippen molar-refractivity contribution in [3.8, 4) is 17.3 Å². The molecule has 0 bridgehead atoms. The predicted octanol–water partition coefficient (Wildman–Crippen LogP) is 2.57. The summed E-state index contributed by atoms with van der Waals surface area (Å²) in [4.78, 5) is 6.94. The minimum Gasteiger partial charge on any atom is -0.329 e. The maximum absolute atomic E-state index is 8.68. The highest BCUT2D eigenvalue weighted by Crippen LogP contribution is 2.23. The number of aromatic nitrogens is 2. The smallest absolute Gasteiger partial charge is 0.210 e. The van der Waals surface area contributed by atoms with Crippen molar-refractivity contribution in [1.29, 1.82) is 5.26 Å². The van der Waals surface area contributed by atoms with E-state index in [4.69, 9.17) is 5.26 Å². The minimum atomic E-state index is 0.353. The van der Waals surface area contributed by atoms with Crippen LogP contribution in [0.2, 0.25) is 0 Å². The van der Waals surface area contributed by atoms with Gasteiger partial charge in [-0.25, -0.2) is 4.98 Å². The normalized spacial score (nSPS) is 9.93. The zero-order valence-corrected chi connectivity index (χ0v) is 8.70. The van der Waals surface area contributed by atoms with Crippen LogP contribution in [0, 0.1) is 25.2 Å². The SMILES string of the molecule is Cc1cccc(-c2cnc(C#N)[nH]2)c1C. The number of hydrogen-bond donors (Lipinski definition) is 1. The van der Waals surface area contributed by atoms with E-state index < -0.39 is 0 Å². The van der Waals surface area contributed by atoms with Gasteiger partial charge in [-0.3, -0.25) is 0 Å². The minimum absolute atomic E-state index is 0.353. The molecule has 3 heteroatoms. The van der Waals surface area contributed by atoms with E-state index in [1.807, 2.05) is 18.2 Å². The highest BCUT2D eigenvalue weighted by Gasteiger charge is 2.06. The maximum atomic E-state index is 8.68. The fourth-order valence-corrected chi connectivity index (χ4v) is 1.56. The van der Waals surface area contributed by atoms with Gasteiger partial charge in [0, 0.05) is 5.56 Å². The van der Waals surface area contributed by atoms with Crippen LogP contribution in [0.25, 0.3) is 11.3 Å². The van der Waals surface area contributed by atoms with Gasteiger partial charge < -0.3 is 4.98 Å². The first-order chi connectivity index (χ1) is 7.22. The molecule has 0 spiro atoms. The van der Waals surface area contributed by atoms with Gasteiger partial charge in [0.25, 0.3) is 0 Å². The second-order valence-electron chi connectivity index (χ2n) is 3.50. The van der Waals surface area contributed by atoms with Crippen molar-refractivity contribution >= 4 is 0 Å². The summed E-state index contributed by atoms with van der Waals surface area (Å²) in [5, 5.41) is 8.68. The highest BCUT2D eigenvalue weighted by atomic mass is 14.9. The lowest BCUT2D eigenvalue weighted by Crippen LogP contribution is -1.87. The van der Waals surface area contributed by atoms with Crippen molar-refractivity contribution in [3.63, 3.8) is 0 Å². The van der Waals surface area contributed by atoms with E-state index in [1.54, 1.807) is 6.20 Å². The number of aromatic amines is 1. The summed E-state index contributed by atoms with van der Waals surface area (Å²) in [5.74, 6) is 0.353. The van der Waals surface area contributed by atoms with Gasteiger partial charge in [-0.15, -0.1) is 0 Å². The summed E-state index contributed by atoms with van der Waals surface area (Å²) < 4.78 is 0. The van der Waals surface area contributed by atoms with E-state index in [0.29, 0.717) is 5.82 Å². The van der Waals surface area contributed by atoms with Gasteiger partial charge >= 0.3 is 0 Å². The van der Waals surface area contributed by atoms with Crippen LogP contribution in [0.4, 0.5) is 0 Å². The third-order valence-electron chi connectivity index (χ3n) is 2.58. The number of nitrogens with one attached hydrogen (secondary N) is 1. The summed E-state index contributed by atoms with van der Waals surface area (Å²) in [6, 6.07) is 8.08. The lowest BCUT2D eigenvalue weighted by atomic mass is 10.0. The lowest BCUT2D eigenvalue weighted by Gasteiger charge is -2.05. The van der Waals surface area contributed by atoms with Crippen molar-refractivity contribution in [1.82, 2.24) is 9.97 Å². The van der Waals surface area contributed by atoms with Gasteiger partial charge in [0.1, 0.15) is 6.07 Å². The van der Waals surface area contributed by atoms with Crippen LogP contribution in [0.1, 0.15) is 17.0 Å². The van der Waals surface area contributed by atoms with Gasteiger partial charge in [0.15, 0.2) is 0 Å². The highest BCUT2D eigenvalue weighted by molar-refractivity contribution is 5.64. The molecule has 15 heavy (non-hydrogen) atoms. The summed E-state index contributed by atoms with van der Waals surface area (Å²) in [5.41, 5.74) is 4.45. The van der Waals surface area contributed by atoms with E-state index in [9.17, 15) is 0 Å². The predicted molar refractivity (Wildman–Crippen MR) is 58.2 cm³/mol. The fourth-order valence-electron chi connectivity index (χ4n) is 1.56. The van der Waals surface area contributed by atoms with Crippen molar-refractivity contribution in [2.45, 2.75) is 13.8 Å². The van der Waals surface area contributed by atoms with Crippen molar-refractivity contribution < 1.29 is 0 Å². The van der Waals surface area contributed by atoms with Gasteiger partial charge in [0.2, 0.25) is 5.82 Å². The molecule has 0 saturated carbocycles. The number of H-pyrrole nitrogens is 1. The molecule has 0 aliphatic rings. The van der Waals surface area contributed by atoms with E-state index in [0.717, 1.165) is 11.3 Å². The second kappa shape index (κ2) is 3.58. The average molecular weight is 197 g/mol. The first kappa shape index (κ1) is 9.47. The first-order valence-electron chi connectivity index (χ1n) is 4.74. The van der Waals surface area contributed by atoms with Crippen molar-refractivity contribution in [3.05, 3.63) is 41.3 Å². The molecule has 0 saturated heterocycles. The Bertz CT molecular complexity index is 532. The lowest BCUT2D eigenvalue weighted by molar-refractivity contribution is 1.22. The Kier molecular flexibility index (Phi) is 2.26. The molecule has 1 aromatic carbocycles. The number of aryl methyl sites for hydroxylation is 1. The fraction of sp³-hybridized carbons (Fsp3) is 0.167. The Morgan fingerprint density at radius 2 is 2.13 bits per heavy atom. The largest absolute Gasteiger partial charge is 0.329 e. The molecule has 0 aliphatic heterocycles. The van der Waals surface area contributed by atoms with Crippen LogP contribution in [0.3, 0.4) is 0 Å². The quantitative estimate of drug-likeness (QED) is 0.763. The molecule has 1 aromatic heterocycles. The van der Waals surface area contributed by atoms with Crippen LogP contribution >= 0.6 is 0 Å². The maximum Gasteiger partial charge on any atom is 0.210 e. The van der Waals surface area contributed by atoms with Crippen LogP contribution < -0.4 is 0 Å². The van der Waals surface area contributed by atoms with E-state index >= 15 is 0 Å². The summed E-state index contributed by atoms with van der Waals surface area (Å²) in [6.07, 6.45) is 1.69. The van der Waals surface area contributed by atoms with Crippen LogP contribution in [-0.2, 0) is 0 Å². The van der Waals surface area contributed by atoms with Crippen LogP contribution in [-0.4, -0.2) is 9.97 Å².